The first-order valence-corrected chi connectivity index (χ1v) is 10.0. The number of ether oxygens (including phenoxy) is 1. The van der Waals surface area contributed by atoms with Crippen molar-refractivity contribution in [3.63, 3.8) is 0 Å². The van der Waals surface area contributed by atoms with E-state index in [2.05, 4.69) is 21.2 Å². The Bertz CT molecular complexity index is 525. The number of carbonyl (C=O) groups is 1. The molecule has 26 heavy (non-hydrogen) atoms. The summed E-state index contributed by atoms with van der Waals surface area (Å²) in [5.41, 5.74) is 6.03. The summed E-state index contributed by atoms with van der Waals surface area (Å²) in [4.78, 5) is 13.5. The van der Waals surface area contributed by atoms with E-state index in [9.17, 15) is 15.0 Å². The topological polar surface area (TPSA) is 108 Å². The average Bonchev–Trinajstić information content (AvgIpc) is 2.67. The third-order valence-corrected chi connectivity index (χ3v) is 5.42. The van der Waals surface area contributed by atoms with Crippen LogP contribution >= 0.6 is 15.9 Å². The molecule has 2 heterocycles. The molecule has 0 radical (unpaired) electrons. The van der Waals surface area contributed by atoms with Gasteiger partial charge in [0.2, 0.25) is 0 Å². The van der Waals surface area contributed by atoms with Crippen molar-refractivity contribution in [2.75, 3.05) is 26.7 Å². The van der Waals surface area contributed by atoms with E-state index in [0.29, 0.717) is 17.9 Å². The number of hydrogen-bond acceptors (Lipinski definition) is 7. The summed E-state index contributed by atoms with van der Waals surface area (Å²) in [5, 5.41) is 22.8. The molecular formula is C18H30BrN3O4. The van der Waals surface area contributed by atoms with Gasteiger partial charge < -0.3 is 30.9 Å². The molecular weight excluding hydrogens is 402 g/mol. The van der Waals surface area contributed by atoms with Crippen molar-refractivity contribution >= 4 is 21.9 Å². The summed E-state index contributed by atoms with van der Waals surface area (Å²) in [7, 11) is 1.30. The number of aliphatic hydroxyl groups excluding tert-OH is 2. The van der Waals surface area contributed by atoms with Crippen LogP contribution in [0.5, 0.6) is 0 Å². The number of esters is 1. The average molecular weight is 432 g/mol. The smallest absolute Gasteiger partial charge is 0.341 e. The molecule has 0 aromatic carbocycles. The fourth-order valence-corrected chi connectivity index (χ4v) is 3.73. The van der Waals surface area contributed by atoms with Crippen molar-refractivity contribution in [1.82, 2.24) is 10.2 Å². The lowest BCUT2D eigenvalue weighted by molar-refractivity contribution is -0.136. The third-order valence-electron chi connectivity index (χ3n) is 4.91. The minimum Gasteiger partial charge on any atom is -0.465 e. The SMILES string of the molecule is C1CCCCC1.COC(=O)C1=C(N2CC(O)C(N)C(O)C2)NCC(Br)=C1. The molecule has 5 N–H and O–H groups in total. The first-order chi connectivity index (χ1) is 12.4. The van der Waals surface area contributed by atoms with Crippen LogP contribution in [-0.4, -0.2) is 66.1 Å². The van der Waals surface area contributed by atoms with Gasteiger partial charge in [0, 0.05) is 24.1 Å². The van der Waals surface area contributed by atoms with Crippen molar-refractivity contribution in [2.24, 2.45) is 5.73 Å². The van der Waals surface area contributed by atoms with Crippen LogP contribution in [-0.2, 0) is 9.53 Å². The number of halogens is 1. The Morgan fingerprint density at radius 1 is 1.19 bits per heavy atom. The van der Waals surface area contributed by atoms with Gasteiger partial charge in [-0.05, 0) is 6.08 Å². The quantitative estimate of drug-likeness (QED) is 0.482. The van der Waals surface area contributed by atoms with Crippen LogP contribution < -0.4 is 11.1 Å². The van der Waals surface area contributed by atoms with Crippen LogP contribution in [0.3, 0.4) is 0 Å². The highest BCUT2D eigenvalue weighted by Crippen LogP contribution is 2.23. The molecule has 0 bridgehead atoms. The lowest BCUT2D eigenvalue weighted by Crippen LogP contribution is -2.60. The molecule has 2 unspecified atom stereocenters. The molecule has 2 atom stereocenters. The number of dihydropyridines is 1. The highest BCUT2D eigenvalue weighted by atomic mass is 79.9. The zero-order valence-electron chi connectivity index (χ0n) is 15.3. The standard InChI is InChI=1S/C12H18BrN3O4.C6H12/c1-20-12(19)7-2-6(13)3-15-11(7)16-4-8(17)10(14)9(18)5-16;1-2-4-6-5-3-1/h2,8-10,15,17-18H,3-5,14H2,1H3;1-6H2. The molecule has 1 saturated carbocycles. The van der Waals surface area contributed by atoms with Crippen molar-refractivity contribution < 1.29 is 19.7 Å². The highest BCUT2D eigenvalue weighted by molar-refractivity contribution is 9.11. The number of nitrogens with one attached hydrogen (secondary N) is 1. The van der Waals surface area contributed by atoms with E-state index >= 15 is 0 Å². The van der Waals surface area contributed by atoms with Gasteiger partial charge in [-0.3, -0.25) is 0 Å². The normalized spacial score (nSPS) is 29.2. The van der Waals surface area contributed by atoms with Gasteiger partial charge in [0.15, 0.2) is 0 Å². The second kappa shape index (κ2) is 10.3. The van der Waals surface area contributed by atoms with Gasteiger partial charge in [-0.1, -0.05) is 54.5 Å². The number of β-amino-alcohol motifs (C(OH)–C–C–N with tert-alkyl or cyclic N) is 2. The number of nitrogens with two attached hydrogens (primary N) is 1. The lowest BCUT2D eigenvalue weighted by Gasteiger charge is -2.41. The van der Waals surface area contributed by atoms with E-state index in [1.807, 2.05) is 0 Å². The molecule has 0 amide bonds. The predicted octanol–water partition coefficient (Wildman–Crippen LogP) is 0.958. The Hall–Kier alpha value is -1.09. The summed E-state index contributed by atoms with van der Waals surface area (Å²) < 4.78 is 5.57. The van der Waals surface area contributed by atoms with E-state index in [1.54, 1.807) is 11.0 Å². The molecule has 0 aromatic heterocycles. The van der Waals surface area contributed by atoms with Gasteiger partial charge in [-0.15, -0.1) is 0 Å². The minimum atomic E-state index is -0.860. The van der Waals surface area contributed by atoms with Crippen LogP contribution in [0.4, 0.5) is 0 Å². The second-order valence-corrected chi connectivity index (χ2v) is 7.96. The number of carbonyl (C=O) groups excluding carboxylic acids is 1. The number of nitrogens with zero attached hydrogens (tertiary/aromatic N) is 1. The lowest BCUT2D eigenvalue weighted by atomic mass is 9.99. The molecule has 3 aliphatic rings. The maximum Gasteiger partial charge on any atom is 0.341 e. The summed E-state index contributed by atoms with van der Waals surface area (Å²) in [6.07, 6.45) is 8.95. The number of hydrogen-bond donors (Lipinski definition) is 4. The van der Waals surface area contributed by atoms with Crippen molar-refractivity contribution in [3.8, 4) is 0 Å². The second-order valence-electron chi connectivity index (χ2n) is 6.94. The van der Waals surface area contributed by atoms with Crippen molar-refractivity contribution in [3.05, 3.63) is 22.0 Å². The van der Waals surface area contributed by atoms with Crippen molar-refractivity contribution in [1.29, 1.82) is 0 Å². The summed E-state index contributed by atoms with van der Waals surface area (Å²) >= 11 is 3.33. The Morgan fingerprint density at radius 3 is 2.15 bits per heavy atom. The van der Waals surface area contributed by atoms with Crippen LogP contribution in [0.25, 0.3) is 0 Å². The number of likely N-dealkylation sites (tertiary alicyclic amines) is 1. The van der Waals surface area contributed by atoms with Gasteiger partial charge in [-0.25, -0.2) is 4.79 Å². The Kier molecular flexibility index (Phi) is 8.40. The third kappa shape index (κ3) is 5.70. The zero-order valence-corrected chi connectivity index (χ0v) is 16.9. The van der Waals surface area contributed by atoms with E-state index < -0.39 is 24.2 Å². The summed E-state index contributed by atoms with van der Waals surface area (Å²) in [6.45, 7) is 1.00. The molecule has 1 saturated heterocycles. The monoisotopic (exact) mass is 431 g/mol. The Morgan fingerprint density at radius 2 is 1.69 bits per heavy atom. The van der Waals surface area contributed by atoms with E-state index in [1.165, 1.54) is 45.6 Å². The molecule has 1 aliphatic carbocycles. The summed E-state index contributed by atoms with van der Waals surface area (Å²) in [5.74, 6) is 0.0491. The molecule has 2 fully saturated rings. The fourth-order valence-electron chi connectivity index (χ4n) is 3.36. The first-order valence-electron chi connectivity index (χ1n) is 9.23. The number of rotatable bonds is 2. The number of piperidine rings is 1. The van der Waals surface area contributed by atoms with Gasteiger partial charge in [0.25, 0.3) is 0 Å². The van der Waals surface area contributed by atoms with Gasteiger partial charge in [-0.2, -0.15) is 0 Å². The molecule has 0 spiro atoms. The van der Waals surface area contributed by atoms with Crippen LogP contribution in [0, 0.1) is 0 Å². The molecule has 7 nitrogen and oxygen atoms in total. The van der Waals surface area contributed by atoms with E-state index in [-0.39, 0.29) is 13.1 Å². The van der Waals surface area contributed by atoms with Gasteiger partial charge in [0.05, 0.1) is 25.4 Å². The van der Waals surface area contributed by atoms with Gasteiger partial charge in [0.1, 0.15) is 11.4 Å². The van der Waals surface area contributed by atoms with E-state index in [0.717, 1.165) is 4.48 Å². The molecule has 0 aromatic rings. The predicted molar refractivity (Wildman–Crippen MR) is 103 cm³/mol. The Labute approximate surface area is 163 Å². The van der Waals surface area contributed by atoms with E-state index in [4.69, 9.17) is 10.5 Å². The maximum atomic E-state index is 11.8. The first kappa shape index (κ1) is 21.2. The zero-order chi connectivity index (χ0) is 19.1. The molecule has 148 valence electrons. The fraction of sp³-hybridized carbons (Fsp3) is 0.722. The minimum absolute atomic E-state index is 0.243. The van der Waals surface area contributed by atoms with Crippen molar-refractivity contribution in [2.45, 2.75) is 56.8 Å². The number of aliphatic hydroxyl groups is 2. The molecule has 2 aliphatic heterocycles. The van der Waals surface area contributed by atoms with Crippen LogP contribution in [0.1, 0.15) is 38.5 Å². The molecule has 8 heteroatoms. The van der Waals surface area contributed by atoms with Gasteiger partial charge >= 0.3 is 5.97 Å². The van der Waals surface area contributed by atoms with Crippen LogP contribution in [0.15, 0.2) is 22.0 Å². The summed E-state index contributed by atoms with van der Waals surface area (Å²) in [6, 6.07) is -0.681. The maximum absolute atomic E-state index is 11.8. The largest absolute Gasteiger partial charge is 0.465 e. The number of methoxy groups -OCH3 is 1. The highest BCUT2D eigenvalue weighted by Gasteiger charge is 2.35. The molecule has 3 rings (SSSR count). The van der Waals surface area contributed by atoms with Crippen LogP contribution in [0.2, 0.25) is 0 Å². The Balaban J connectivity index is 0.000000342.